The van der Waals surface area contributed by atoms with Gasteiger partial charge in [0.2, 0.25) is 0 Å². The molecule has 0 aromatic heterocycles. The number of nitrogens with one attached hydrogen (secondary N) is 1. The minimum atomic E-state index is -0.887. The fourth-order valence-electron chi connectivity index (χ4n) is 3.96. The number of aromatic carboxylic acids is 1. The van der Waals surface area contributed by atoms with E-state index in [1.54, 1.807) is 12.1 Å². The summed E-state index contributed by atoms with van der Waals surface area (Å²) in [4.78, 5) is 13.6. The van der Waals surface area contributed by atoms with Crippen LogP contribution >= 0.6 is 0 Å². The zero-order valence-electron chi connectivity index (χ0n) is 21.0. The van der Waals surface area contributed by atoms with Crippen molar-refractivity contribution in [3.63, 3.8) is 0 Å². The summed E-state index contributed by atoms with van der Waals surface area (Å²) in [6.07, 6.45) is 1.04. The van der Waals surface area contributed by atoms with E-state index in [2.05, 4.69) is 86.4 Å². The van der Waals surface area contributed by atoms with E-state index in [1.807, 2.05) is 12.1 Å². The molecule has 0 spiro atoms. The number of rotatable bonds is 11. The van der Waals surface area contributed by atoms with Crippen LogP contribution in [0.3, 0.4) is 0 Å². The predicted octanol–water partition coefficient (Wildman–Crippen LogP) is 6.17. The number of carboxylic acids is 1. The Kier molecular flexibility index (Phi) is 9.03. The summed E-state index contributed by atoms with van der Waals surface area (Å²) >= 11 is 0. The van der Waals surface area contributed by atoms with Crippen LogP contribution in [0.5, 0.6) is 0 Å². The van der Waals surface area contributed by atoms with Gasteiger partial charge in [-0.1, -0.05) is 87.0 Å². The van der Waals surface area contributed by atoms with E-state index in [1.165, 1.54) is 22.3 Å². The molecule has 180 valence electrons. The quantitative estimate of drug-likeness (QED) is 0.337. The lowest BCUT2D eigenvalue weighted by Gasteiger charge is -2.24. The van der Waals surface area contributed by atoms with Gasteiger partial charge >= 0.3 is 5.97 Å². The zero-order chi connectivity index (χ0) is 24.6. The van der Waals surface area contributed by atoms with E-state index in [4.69, 9.17) is 0 Å². The monoisotopic (exact) mass is 458 g/mol. The molecule has 0 aliphatic heterocycles. The van der Waals surface area contributed by atoms with Crippen LogP contribution in [0.15, 0.2) is 72.8 Å². The van der Waals surface area contributed by atoms with Crippen LogP contribution in [0.1, 0.15) is 65.4 Å². The molecule has 4 nitrogen and oxygen atoms in total. The molecule has 0 saturated heterocycles. The number of carbonyl (C=O) groups is 1. The van der Waals surface area contributed by atoms with Gasteiger partial charge in [-0.05, 0) is 59.7 Å². The summed E-state index contributed by atoms with van der Waals surface area (Å²) in [5.41, 5.74) is 6.83. The molecule has 0 fully saturated rings. The Morgan fingerprint density at radius 2 is 1.35 bits per heavy atom. The van der Waals surface area contributed by atoms with Crippen molar-refractivity contribution in [3.8, 4) is 0 Å². The minimum absolute atomic E-state index is 0.146. The smallest absolute Gasteiger partial charge is 0.335 e. The molecule has 2 N–H and O–H groups in total. The van der Waals surface area contributed by atoms with Crippen molar-refractivity contribution in [3.05, 3.63) is 106 Å². The molecule has 0 atom stereocenters. The van der Waals surface area contributed by atoms with E-state index in [0.717, 1.165) is 44.7 Å². The van der Waals surface area contributed by atoms with Crippen LogP contribution in [0.4, 0.5) is 0 Å². The van der Waals surface area contributed by atoms with Gasteiger partial charge in [0.25, 0.3) is 0 Å². The third kappa shape index (κ3) is 8.12. The standard InChI is InChI=1S/C30H38N2O2/c1-23-6-8-24(9-7-23)20-31-18-5-19-32(21-25-10-14-27(15-11-25)29(33)34)22-26-12-16-28(17-13-26)30(2,3)4/h6-17,31H,5,18-22H2,1-4H3,(H,33,34). The molecule has 0 aliphatic carbocycles. The number of hydrogen-bond donors (Lipinski definition) is 2. The molecule has 0 bridgehead atoms. The Bertz CT molecular complexity index is 1030. The molecule has 0 unspecified atom stereocenters. The van der Waals surface area contributed by atoms with Crippen LogP contribution in [0.25, 0.3) is 0 Å². The number of aryl methyl sites for hydroxylation is 1. The maximum atomic E-state index is 11.2. The lowest BCUT2D eigenvalue weighted by atomic mass is 9.87. The SMILES string of the molecule is Cc1ccc(CNCCCN(Cc2ccc(C(=O)O)cc2)Cc2ccc(C(C)(C)C)cc2)cc1. The molecule has 0 heterocycles. The second-order valence-electron chi connectivity index (χ2n) is 10.2. The van der Waals surface area contributed by atoms with Gasteiger partial charge in [-0.3, -0.25) is 4.90 Å². The average Bonchev–Trinajstić information content (AvgIpc) is 2.80. The van der Waals surface area contributed by atoms with Gasteiger partial charge in [0.05, 0.1) is 5.56 Å². The molecule has 3 rings (SSSR count). The van der Waals surface area contributed by atoms with Gasteiger partial charge < -0.3 is 10.4 Å². The van der Waals surface area contributed by atoms with Crippen molar-refractivity contribution in [2.45, 2.75) is 59.2 Å². The van der Waals surface area contributed by atoms with E-state index >= 15 is 0 Å². The summed E-state index contributed by atoms with van der Waals surface area (Å²) in [6.45, 7) is 13.3. The lowest BCUT2D eigenvalue weighted by molar-refractivity contribution is 0.0697. The molecule has 3 aromatic carbocycles. The maximum Gasteiger partial charge on any atom is 0.335 e. The summed E-state index contributed by atoms with van der Waals surface area (Å²) in [5, 5.41) is 12.7. The van der Waals surface area contributed by atoms with Crippen molar-refractivity contribution < 1.29 is 9.90 Å². The number of carboxylic acid groups (broad SMARTS) is 1. The van der Waals surface area contributed by atoms with Crippen molar-refractivity contribution in [2.75, 3.05) is 13.1 Å². The molecular weight excluding hydrogens is 420 g/mol. The highest BCUT2D eigenvalue weighted by atomic mass is 16.4. The number of nitrogens with zero attached hydrogens (tertiary/aromatic N) is 1. The fourth-order valence-corrected chi connectivity index (χ4v) is 3.96. The molecule has 4 heteroatoms. The Morgan fingerprint density at radius 3 is 1.88 bits per heavy atom. The molecule has 0 amide bonds. The lowest BCUT2D eigenvalue weighted by Crippen LogP contribution is -2.27. The topological polar surface area (TPSA) is 52.6 Å². The van der Waals surface area contributed by atoms with Crippen LogP contribution in [0, 0.1) is 6.92 Å². The zero-order valence-corrected chi connectivity index (χ0v) is 21.0. The second kappa shape index (κ2) is 12.0. The third-order valence-corrected chi connectivity index (χ3v) is 6.11. The summed E-state index contributed by atoms with van der Waals surface area (Å²) in [5.74, 6) is -0.887. The van der Waals surface area contributed by atoms with E-state index in [0.29, 0.717) is 5.56 Å². The van der Waals surface area contributed by atoms with Crippen molar-refractivity contribution >= 4 is 5.97 Å². The van der Waals surface area contributed by atoms with Gasteiger partial charge in [-0.25, -0.2) is 4.79 Å². The molecule has 0 radical (unpaired) electrons. The molecular formula is C30H38N2O2. The minimum Gasteiger partial charge on any atom is -0.478 e. The Labute approximate surface area is 204 Å². The predicted molar refractivity (Wildman–Crippen MR) is 140 cm³/mol. The third-order valence-electron chi connectivity index (χ3n) is 6.11. The first kappa shape index (κ1) is 25.7. The van der Waals surface area contributed by atoms with Gasteiger partial charge in [-0.15, -0.1) is 0 Å². The first-order valence-electron chi connectivity index (χ1n) is 12.1. The van der Waals surface area contributed by atoms with Crippen molar-refractivity contribution in [1.29, 1.82) is 0 Å². The van der Waals surface area contributed by atoms with Crippen molar-refractivity contribution in [2.24, 2.45) is 0 Å². The van der Waals surface area contributed by atoms with Crippen LogP contribution < -0.4 is 5.32 Å². The van der Waals surface area contributed by atoms with Crippen molar-refractivity contribution in [1.82, 2.24) is 10.2 Å². The molecule has 0 aliphatic rings. The van der Waals surface area contributed by atoms with E-state index in [9.17, 15) is 9.90 Å². The highest BCUT2D eigenvalue weighted by Gasteiger charge is 2.14. The van der Waals surface area contributed by atoms with Gasteiger partial charge in [0.1, 0.15) is 0 Å². The second-order valence-corrected chi connectivity index (χ2v) is 10.2. The van der Waals surface area contributed by atoms with E-state index in [-0.39, 0.29) is 5.41 Å². The van der Waals surface area contributed by atoms with Crippen LogP contribution in [-0.2, 0) is 25.0 Å². The summed E-state index contributed by atoms with van der Waals surface area (Å²) in [6, 6.07) is 24.8. The Balaban J connectivity index is 1.59. The summed E-state index contributed by atoms with van der Waals surface area (Å²) < 4.78 is 0. The Morgan fingerprint density at radius 1 is 0.824 bits per heavy atom. The molecule has 0 saturated carbocycles. The normalized spacial score (nSPS) is 11.7. The fraction of sp³-hybridized carbons (Fsp3) is 0.367. The first-order chi connectivity index (χ1) is 16.2. The van der Waals surface area contributed by atoms with E-state index < -0.39 is 5.97 Å². The van der Waals surface area contributed by atoms with Gasteiger partial charge in [-0.2, -0.15) is 0 Å². The Hall–Kier alpha value is -2.95. The van der Waals surface area contributed by atoms with Gasteiger partial charge in [0, 0.05) is 26.2 Å². The first-order valence-corrected chi connectivity index (χ1v) is 12.1. The van der Waals surface area contributed by atoms with Gasteiger partial charge in [0.15, 0.2) is 0 Å². The highest BCUT2D eigenvalue weighted by Crippen LogP contribution is 2.23. The molecule has 34 heavy (non-hydrogen) atoms. The number of benzene rings is 3. The largest absolute Gasteiger partial charge is 0.478 e. The highest BCUT2D eigenvalue weighted by molar-refractivity contribution is 5.87. The van der Waals surface area contributed by atoms with Crippen LogP contribution in [0.2, 0.25) is 0 Å². The van der Waals surface area contributed by atoms with Crippen LogP contribution in [-0.4, -0.2) is 29.1 Å². The number of hydrogen-bond acceptors (Lipinski definition) is 3. The average molecular weight is 459 g/mol. The summed E-state index contributed by atoms with van der Waals surface area (Å²) in [7, 11) is 0. The molecule has 3 aromatic rings. The maximum absolute atomic E-state index is 11.2.